The molecule has 3 aliphatic heterocycles. The van der Waals surface area contributed by atoms with Crippen molar-refractivity contribution in [2.75, 3.05) is 13.1 Å². The molecule has 9 nitrogen and oxygen atoms in total. The van der Waals surface area contributed by atoms with Crippen LogP contribution >= 0.6 is 0 Å². The van der Waals surface area contributed by atoms with Crippen molar-refractivity contribution in [1.29, 1.82) is 0 Å². The van der Waals surface area contributed by atoms with Crippen LogP contribution in [0.5, 0.6) is 0 Å². The molecule has 9 heteroatoms. The van der Waals surface area contributed by atoms with Gasteiger partial charge in [0.25, 0.3) is 0 Å². The van der Waals surface area contributed by atoms with Crippen molar-refractivity contribution in [1.82, 2.24) is 19.8 Å². The number of rotatable bonds is 2. The Morgan fingerprint density at radius 2 is 1.36 bits per heavy atom. The van der Waals surface area contributed by atoms with E-state index >= 15 is 0 Å². The van der Waals surface area contributed by atoms with E-state index in [1.807, 2.05) is 72.0 Å². The van der Waals surface area contributed by atoms with E-state index < -0.39 is 11.2 Å². The Labute approximate surface area is 260 Å². The molecule has 1 aromatic heterocycles. The lowest BCUT2D eigenvalue weighted by Crippen LogP contribution is -2.43. The first-order valence-electron chi connectivity index (χ1n) is 15.3. The van der Waals surface area contributed by atoms with Crippen LogP contribution in [0.25, 0.3) is 0 Å². The first-order chi connectivity index (χ1) is 20.8. The predicted molar refractivity (Wildman–Crippen MR) is 169 cm³/mol. The summed E-state index contributed by atoms with van der Waals surface area (Å²) in [7, 11) is 0. The summed E-state index contributed by atoms with van der Waals surface area (Å²) in [5, 5.41) is 0. The zero-order valence-electron chi connectivity index (χ0n) is 26.5. The molecule has 44 heavy (non-hydrogen) atoms. The third kappa shape index (κ3) is 7.90. The van der Waals surface area contributed by atoms with Gasteiger partial charge in [-0.3, -0.25) is 14.8 Å². The molecule has 2 aromatic rings. The van der Waals surface area contributed by atoms with Crippen LogP contribution < -0.4 is 0 Å². The van der Waals surface area contributed by atoms with Crippen LogP contribution in [0.15, 0.2) is 47.2 Å². The Kier molecular flexibility index (Phi) is 8.87. The monoisotopic (exact) mass is 595 g/mol. The predicted octanol–water partition coefficient (Wildman–Crippen LogP) is 6.36. The van der Waals surface area contributed by atoms with E-state index in [9.17, 15) is 9.59 Å². The third-order valence-corrected chi connectivity index (χ3v) is 7.41. The number of nitrogens with one attached hydrogen (secondary N) is 1. The van der Waals surface area contributed by atoms with E-state index in [0.717, 1.165) is 53.9 Å². The number of H-pyrrole nitrogens is 1. The number of aromatic amines is 1. The smallest absolute Gasteiger partial charge is 0.410 e. The van der Waals surface area contributed by atoms with Gasteiger partial charge in [0.05, 0.1) is 18.3 Å². The minimum atomic E-state index is -0.543. The number of carbonyl (C=O) groups excluding carboxylic acids is 2. The molecule has 1 N–H and O–H groups in total. The maximum Gasteiger partial charge on any atom is 0.410 e. The van der Waals surface area contributed by atoms with Gasteiger partial charge in [0.15, 0.2) is 0 Å². The fraction of sp³-hybridized carbons (Fsp3) is 0.486. The number of nitrogens with zero attached hydrogens (tertiary/aromatic N) is 4. The number of likely N-dealkylation sites (tertiary alicyclic amines) is 2. The summed E-state index contributed by atoms with van der Waals surface area (Å²) in [6, 6.07) is 7.61. The van der Waals surface area contributed by atoms with Crippen molar-refractivity contribution < 1.29 is 19.1 Å². The Morgan fingerprint density at radius 1 is 0.818 bits per heavy atom. The molecule has 0 bridgehead atoms. The van der Waals surface area contributed by atoms with Crippen molar-refractivity contribution in [3.63, 3.8) is 0 Å². The van der Waals surface area contributed by atoms with Gasteiger partial charge in [-0.25, -0.2) is 14.6 Å². The molecule has 0 saturated carbocycles. The van der Waals surface area contributed by atoms with Crippen molar-refractivity contribution >= 4 is 17.9 Å². The van der Waals surface area contributed by atoms with E-state index in [4.69, 9.17) is 9.47 Å². The number of imidazole rings is 1. The summed E-state index contributed by atoms with van der Waals surface area (Å²) in [5.74, 6) is 13.5. The SMILES string of the molecule is CC(C)(C)OC(=O)N1CCC[C@H]1C1=NC=C(C#Cc2ccc(C#Cc3cnc([C@@H]4CCCN4C(=O)OC(C)(C)C)[nH]3)cc2)C1. The Morgan fingerprint density at radius 3 is 1.95 bits per heavy atom. The lowest BCUT2D eigenvalue weighted by Gasteiger charge is -2.28. The summed E-state index contributed by atoms with van der Waals surface area (Å²) in [6.07, 6.45) is 7.12. The number of amides is 2. The van der Waals surface area contributed by atoms with Crippen LogP contribution in [0.1, 0.15) is 102 Å². The first-order valence-corrected chi connectivity index (χ1v) is 15.3. The van der Waals surface area contributed by atoms with E-state index in [1.54, 1.807) is 16.0 Å². The molecule has 0 unspecified atom stereocenters. The molecule has 3 aliphatic rings. The number of aliphatic imine (C=N–C) groups is 1. The van der Waals surface area contributed by atoms with E-state index in [-0.39, 0.29) is 24.3 Å². The highest BCUT2D eigenvalue weighted by molar-refractivity contribution is 5.96. The minimum Gasteiger partial charge on any atom is -0.444 e. The van der Waals surface area contributed by atoms with Crippen molar-refractivity contribution in [2.24, 2.45) is 4.99 Å². The standard InChI is InChI=1S/C35H41N5O4/c1-34(2,3)43-32(41)39-19-7-9-29(39)28-21-26(22-36-28)16-15-24-11-13-25(14-12-24)17-18-27-23-37-31(38-27)30-10-8-20-40(30)33(42)44-35(4,5)6/h11-14,22-23,29-30H,7-10,19-21H2,1-6H3,(H,37,38)/t29-,30-/m0/s1. The minimum absolute atomic E-state index is 0.0358. The van der Waals surface area contributed by atoms with E-state index in [2.05, 4.69) is 38.6 Å². The molecule has 0 spiro atoms. The van der Waals surface area contributed by atoms with E-state index in [0.29, 0.717) is 25.2 Å². The highest BCUT2D eigenvalue weighted by Gasteiger charge is 2.36. The average Bonchev–Trinajstić information content (AvgIpc) is 3.75. The summed E-state index contributed by atoms with van der Waals surface area (Å²) >= 11 is 0. The first kappa shape index (κ1) is 30.9. The average molecular weight is 596 g/mol. The van der Waals surface area contributed by atoms with Crippen molar-refractivity contribution in [2.45, 2.75) is 96.9 Å². The molecular formula is C35H41N5O4. The molecule has 4 heterocycles. The Hall–Kier alpha value is -4.50. The van der Waals surface area contributed by atoms with Gasteiger partial charge in [0.1, 0.15) is 22.7 Å². The fourth-order valence-corrected chi connectivity index (χ4v) is 5.47. The van der Waals surface area contributed by atoms with Crippen molar-refractivity contribution in [3.8, 4) is 23.7 Å². The molecule has 230 valence electrons. The normalized spacial score (nSPS) is 19.9. The highest BCUT2D eigenvalue weighted by atomic mass is 16.6. The Balaban J connectivity index is 1.15. The zero-order chi connectivity index (χ0) is 31.5. The molecule has 0 radical (unpaired) electrons. The van der Waals surface area contributed by atoms with Gasteiger partial charge in [-0.1, -0.05) is 17.8 Å². The Bertz CT molecular complexity index is 1580. The van der Waals surface area contributed by atoms with Gasteiger partial charge in [0, 0.05) is 48.1 Å². The number of aromatic nitrogens is 2. The summed E-state index contributed by atoms with van der Waals surface area (Å²) in [5.41, 5.74) is 3.27. The molecule has 2 fully saturated rings. The second kappa shape index (κ2) is 12.6. The van der Waals surface area contributed by atoms with Crippen LogP contribution in [0.3, 0.4) is 0 Å². The summed E-state index contributed by atoms with van der Waals surface area (Å²) in [4.78, 5) is 41.3. The third-order valence-electron chi connectivity index (χ3n) is 7.41. The number of ether oxygens (including phenoxy) is 2. The second-order valence-electron chi connectivity index (χ2n) is 13.4. The topological polar surface area (TPSA) is 100 Å². The number of allylic oxidation sites excluding steroid dienone is 1. The number of carbonyl (C=O) groups is 2. The van der Waals surface area contributed by atoms with Gasteiger partial charge in [-0.2, -0.15) is 0 Å². The second-order valence-corrected chi connectivity index (χ2v) is 13.4. The molecule has 1 aromatic carbocycles. The fourth-order valence-electron chi connectivity index (χ4n) is 5.47. The largest absolute Gasteiger partial charge is 0.444 e. The van der Waals surface area contributed by atoms with E-state index in [1.165, 1.54) is 0 Å². The molecule has 2 saturated heterocycles. The van der Waals surface area contributed by atoms with Gasteiger partial charge >= 0.3 is 12.2 Å². The van der Waals surface area contributed by atoms with Gasteiger partial charge < -0.3 is 14.5 Å². The number of hydrogen-bond acceptors (Lipinski definition) is 6. The highest BCUT2D eigenvalue weighted by Crippen LogP contribution is 2.31. The lowest BCUT2D eigenvalue weighted by atomic mass is 10.0. The quantitative estimate of drug-likeness (QED) is 0.407. The maximum absolute atomic E-state index is 12.7. The molecule has 2 amide bonds. The van der Waals surface area contributed by atoms with Gasteiger partial charge in [0.2, 0.25) is 0 Å². The summed E-state index contributed by atoms with van der Waals surface area (Å²) < 4.78 is 11.2. The number of benzene rings is 1. The van der Waals surface area contributed by atoms with Gasteiger partial charge in [-0.05, 0) is 97.4 Å². The van der Waals surface area contributed by atoms with Crippen molar-refractivity contribution in [3.05, 3.63) is 64.9 Å². The lowest BCUT2D eigenvalue weighted by molar-refractivity contribution is 0.0216. The van der Waals surface area contributed by atoms with Gasteiger partial charge in [-0.15, -0.1) is 0 Å². The van der Waals surface area contributed by atoms with Crippen LogP contribution in [0.4, 0.5) is 9.59 Å². The molecule has 2 atom stereocenters. The van der Waals surface area contributed by atoms with Crippen LogP contribution in [0, 0.1) is 23.7 Å². The van der Waals surface area contributed by atoms with Crippen LogP contribution in [-0.2, 0) is 9.47 Å². The van der Waals surface area contributed by atoms with Crippen LogP contribution in [-0.4, -0.2) is 68.0 Å². The number of hydrogen-bond donors (Lipinski definition) is 1. The summed E-state index contributed by atoms with van der Waals surface area (Å²) in [6.45, 7) is 12.6. The molecular weight excluding hydrogens is 554 g/mol. The zero-order valence-corrected chi connectivity index (χ0v) is 26.5. The molecule has 0 aliphatic carbocycles. The van der Waals surface area contributed by atoms with Crippen LogP contribution in [0.2, 0.25) is 0 Å². The molecule has 5 rings (SSSR count). The maximum atomic E-state index is 12.7.